The van der Waals surface area contributed by atoms with Crippen LogP contribution >= 0.6 is 0 Å². The van der Waals surface area contributed by atoms with Gasteiger partial charge in [0.2, 0.25) is 0 Å². The van der Waals surface area contributed by atoms with Gasteiger partial charge < -0.3 is 14.9 Å². The molecule has 0 bridgehead atoms. The zero-order valence-corrected chi connectivity index (χ0v) is 13.3. The molecule has 122 valence electrons. The highest BCUT2D eigenvalue weighted by Gasteiger charge is 2.15. The fourth-order valence-electron chi connectivity index (χ4n) is 2.99. The molecule has 6 heteroatoms. The number of hydrogen-bond acceptors (Lipinski definition) is 4. The van der Waals surface area contributed by atoms with E-state index >= 15 is 0 Å². The van der Waals surface area contributed by atoms with Gasteiger partial charge in [-0.15, -0.1) is 0 Å². The first-order valence-electron chi connectivity index (χ1n) is 8.09. The molecule has 2 aromatic carbocycles. The van der Waals surface area contributed by atoms with Crippen LogP contribution in [-0.2, 0) is 0 Å². The van der Waals surface area contributed by atoms with Crippen molar-refractivity contribution in [3.05, 3.63) is 64.6 Å². The van der Waals surface area contributed by atoms with Gasteiger partial charge in [0.15, 0.2) is 0 Å². The van der Waals surface area contributed by atoms with Gasteiger partial charge in [0.1, 0.15) is 0 Å². The lowest BCUT2D eigenvalue weighted by atomic mass is 10.2. The van der Waals surface area contributed by atoms with Crippen molar-refractivity contribution in [2.75, 3.05) is 31.1 Å². The number of anilines is 1. The average Bonchev–Trinajstić information content (AvgIpc) is 3.00. The van der Waals surface area contributed by atoms with Crippen LogP contribution in [0.2, 0.25) is 0 Å². The fraction of sp³-hybridized carbons (Fsp3) is 0.222. The van der Waals surface area contributed by atoms with Crippen molar-refractivity contribution in [2.45, 2.75) is 0 Å². The molecule has 1 saturated heterocycles. The number of nitrogens with zero attached hydrogens (tertiary/aromatic N) is 3. The Morgan fingerprint density at radius 1 is 0.917 bits per heavy atom. The number of imidazole rings is 1. The molecular formula is C18H19N5O. The van der Waals surface area contributed by atoms with E-state index in [9.17, 15) is 4.79 Å². The average molecular weight is 321 g/mol. The molecule has 3 aromatic rings. The Morgan fingerprint density at radius 2 is 1.67 bits per heavy atom. The molecule has 2 N–H and O–H groups in total. The second kappa shape index (κ2) is 6.23. The molecule has 0 spiro atoms. The van der Waals surface area contributed by atoms with E-state index in [1.54, 1.807) is 0 Å². The number of aromatic nitrogens is 2. The monoisotopic (exact) mass is 321 g/mol. The minimum atomic E-state index is -0.184. The van der Waals surface area contributed by atoms with Crippen LogP contribution in [0.1, 0.15) is 5.56 Å². The van der Waals surface area contributed by atoms with Crippen molar-refractivity contribution in [3.63, 3.8) is 0 Å². The van der Waals surface area contributed by atoms with Crippen molar-refractivity contribution in [1.29, 1.82) is 0 Å². The molecule has 1 aliphatic rings. The summed E-state index contributed by atoms with van der Waals surface area (Å²) in [4.78, 5) is 19.2. The molecule has 1 aromatic heterocycles. The van der Waals surface area contributed by atoms with E-state index < -0.39 is 0 Å². The minimum Gasteiger partial charge on any atom is -0.368 e. The molecule has 0 radical (unpaired) electrons. The summed E-state index contributed by atoms with van der Waals surface area (Å²) >= 11 is 0. The molecule has 4 rings (SSSR count). The van der Waals surface area contributed by atoms with E-state index in [4.69, 9.17) is 0 Å². The summed E-state index contributed by atoms with van der Waals surface area (Å²) in [7, 11) is 0. The van der Waals surface area contributed by atoms with Crippen molar-refractivity contribution in [2.24, 2.45) is 5.10 Å². The number of H-pyrrole nitrogens is 2. The molecule has 0 amide bonds. The van der Waals surface area contributed by atoms with E-state index in [1.807, 2.05) is 30.5 Å². The van der Waals surface area contributed by atoms with E-state index in [0.717, 1.165) is 42.8 Å². The summed E-state index contributed by atoms with van der Waals surface area (Å²) in [5.41, 5.74) is 3.67. The van der Waals surface area contributed by atoms with E-state index in [2.05, 4.69) is 49.2 Å². The van der Waals surface area contributed by atoms with Gasteiger partial charge in [0, 0.05) is 18.8 Å². The Morgan fingerprint density at radius 3 is 2.46 bits per heavy atom. The number of fused-ring (bicyclic) bond motifs is 1. The molecule has 6 nitrogen and oxygen atoms in total. The quantitative estimate of drug-likeness (QED) is 0.725. The van der Waals surface area contributed by atoms with Crippen LogP contribution < -0.4 is 10.6 Å². The standard InChI is InChI=1S/C18H19N5O/c24-18-20-16-7-6-14(12-17(16)21-18)13-19-23-10-8-22(9-11-23)15-4-2-1-3-5-15/h1-7,12-13H,8-11H2,(H2,20,21,24)/b19-13+. The summed E-state index contributed by atoms with van der Waals surface area (Å²) < 4.78 is 0. The fourth-order valence-corrected chi connectivity index (χ4v) is 2.99. The maximum absolute atomic E-state index is 11.3. The Hall–Kier alpha value is -3.02. The van der Waals surface area contributed by atoms with Gasteiger partial charge in [-0.1, -0.05) is 24.3 Å². The molecule has 0 atom stereocenters. The number of aromatic amines is 2. The maximum Gasteiger partial charge on any atom is 0.323 e. The number of piperazine rings is 1. The molecule has 0 unspecified atom stereocenters. The highest BCUT2D eigenvalue weighted by molar-refractivity contribution is 5.86. The van der Waals surface area contributed by atoms with Crippen LogP contribution in [0.25, 0.3) is 11.0 Å². The van der Waals surface area contributed by atoms with Crippen LogP contribution in [0.15, 0.2) is 58.4 Å². The maximum atomic E-state index is 11.3. The Kier molecular flexibility index (Phi) is 3.78. The Balaban J connectivity index is 1.40. The second-order valence-electron chi connectivity index (χ2n) is 5.90. The molecule has 1 aliphatic heterocycles. The van der Waals surface area contributed by atoms with Crippen LogP contribution in [0, 0.1) is 0 Å². The molecular weight excluding hydrogens is 302 g/mol. The van der Waals surface area contributed by atoms with Gasteiger partial charge in [-0.2, -0.15) is 5.10 Å². The van der Waals surface area contributed by atoms with Gasteiger partial charge in [-0.3, -0.25) is 5.01 Å². The molecule has 2 heterocycles. The first-order chi connectivity index (χ1) is 11.8. The lowest BCUT2D eigenvalue weighted by molar-refractivity contribution is 0.272. The first kappa shape index (κ1) is 14.6. The highest BCUT2D eigenvalue weighted by atomic mass is 16.1. The lowest BCUT2D eigenvalue weighted by Crippen LogP contribution is -2.44. The van der Waals surface area contributed by atoms with Gasteiger partial charge >= 0.3 is 5.69 Å². The van der Waals surface area contributed by atoms with Gasteiger partial charge in [-0.25, -0.2) is 4.79 Å². The van der Waals surface area contributed by atoms with E-state index in [-0.39, 0.29) is 5.69 Å². The van der Waals surface area contributed by atoms with Crippen LogP contribution in [-0.4, -0.2) is 47.4 Å². The van der Waals surface area contributed by atoms with Gasteiger partial charge in [0.05, 0.1) is 30.3 Å². The highest BCUT2D eigenvalue weighted by Crippen LogP contribution is 2.15. The smallest absolute Gasteiger partial charge is 0.323 e. The van der Waals surface area contributed by atoms with E-state index in [0.29, 0.717) is 0 Å². The third kappa shape index (κ3) is 3.03. The third-order valence-corrected chi connectivity index (χ3v) is 4.29. The van der Waals surface area contributed by atoms with Crippen molar-refractivity contribution in [3.8, 4) is 0 Å². The van der Waals surface area contributed by atoms with Crippen molar-refractivity contribution >= 4 is 22.9 Å². The first-order valence-corrected chi connectivity index (χ1v) is 8.09. The number of rotatable bonds is 3. The number of benzene rings is 2. The molecule has 0 aliphatic carbocycles. The predicted molar refractivity (Wildman–Crippen MR) is 96.7 cm³/mol. The summed E-state index contributed by atoms with van der Waals surface area (Å²) in [6.07, 6.45) is 1.85. The Labute approximate surface area is 139 Å². The van der Waals surface area contributed by atoms with Crippen LogP contribution in [0.3, 0.4) is 0 Å². The number of nitrogens with one attached hydrogen (secondary N) is 2. The zero-order chi connectivity index (χ0) is 16.4. The predicted octanol–water partition coefficient (Wildman–Crippen LogP) is 2.01. The molecule has 0 saturated carbocycles. The van der Waals surface area contributed by atoms with Crippen molar-refractivity contribution in [1.82, 2.24) is 15.0 Å². The summed E-state index contributed by atoms with van der Waals surface area (Å²) in [6, 6.07) is 16.2. The third-order valence-electron chi connectivity index (χ3n) is 4.29. The van der Waals surface area contributed by atoms with Gasteiger partial charge in [-0.05, 0) is 29.8 Å². The second-order valence-corrected chi connectivity index (χ2v) is 5.90. The van der Waals surface area contributed by atoms with Crippen molar-refractivity contribution < 1.29 is 0 Å². The van der Waals surface area contributed by atoms with Crippen LogP contribution in [0.5, 0.6) is 0 Å². The summed E-state index contributed by atoms with van der Waals surface area (Å²) in [6.45, 7) is 3.72. The molecule has 24 heavy (non-hydrogen) atoms. The number of hydrogen-bond donors (Lipinski definition) is 2. The van der Waals surface area contributed by atoms with E-state index in [1.165, 1.54) is 5.69 Å². The number of hydrazone groups is 1. The zero-order valence-electron chi connectivity index (χ0n) is 13.3. The lowest BCUT2D eigenvalue weighted by Gasteiger charge is -2.34. The summed E-state index contributed by atoms with van der Waals surface area (Å²) in [5, 5.41) is 6.66. The minimum absolute atomic E-state index is 0.184. The van der Waals surface area contributed by atoms with Gasteiger partial charge in [0.25, 0.3) is 0 Å². The largest absolute Gasteiger partial charge is 0.368 e. The summed E-state index contributed by atoms with van der Waals surface area (Å²) in [5.74, 6) is 0. The SMILES string of the molecule is O=c1[nH]c2ccc(/C=N/N3CCN(c4ccccc4)CC3)cc2[nH]1. The topological polar surface area (TPSA) is 67.5 Å². The normalized spacial score (nSPS) is 15.5. The Bertz CT molecular complexity index is 904. The van der Waals surface area contributed by atoms with Crippen LogP contribution in [0.4, 0.5) is 5.69 Å². The number of para-hydroxylation sites is 1. The molecule has 1 fully saturated rings.